The Hall–Kier alpha value is -2.31. The number of anilines is 1. The fraction of sp³-hybridized carbons (Fsp3) is 0.111. The second-order valence-electron chi connectivity index (χ2n) is 3.05. The molecule has 0 aliphatic heterocycles. The first-order chi connectivity index (χ1) is 7.66. The van der Waals surface area contributed by atoms with Gasteiger partial charge in [0.05, 0.1) is 11.9 Å². The number of hydrogen-bond acceptors (Lipinski definition) is 4. The maximum absolute atomic E-state index is 13.1. The lowest BCUT2D eigenvalue weighted by molar-refractivity contribution is 0.101. The Morgan fingerprint density at radius 1 is 1.56 bits per heavy atom. The van der Waals surface area contributed by atoms with E-state index >= 15 is 0 Å². The van der Waals surface area contributed by atoms with E-state index in [2.05, 4.69) is 25.5 Å². The Kier molecular flexibility index (Phi) is 2.59. The molecule has 0 unspecified atom stereocenters. The first-order valence-corrected chi connectivity index (χ1v) is 4.46. The minimum atomic E-state index is -0.608. The molecule has 2 rings (SSSR count). The topological polar surface area (TPSA) is 83.6 Å². The van der Waals surface area contributed by atoms with Crippen molar-refractivity contribution in [3.05, 3.63) is 35.9 Å². The van der Waals surface area contributed by atoms with Crippen LogP contribution in [0.25, 0.3) is 0 Å². The molecular weight excluding hydrogens is 213 g/mol. The Labute approximate surface area is 89.9 Å². The van der Waals surface area contributed by atoms with Gasteiger partial charge in [0.15, 0.2) is 5.82 Å². The van der Waals surface area contributed by atoms with Crippen LogP contribution in [0, 0.1) is 12.7 Å². The minimum Gasteiger partial charge on any atom is -0.317 e. The molecule has 1 amide bonds. The number of carbonyl (C=O) groups excluding carboxylic acids is 1. The number of nitrogens with zero attached hydrogens (tertiary/aromatic N) is 3. The number of aromatic nitrogens is 4. The van der Waals surface area contributed by atoms with Gasteiger partial charge < -0.3 is 5.32 Å². The average Bonchev–Trinajstić information content (AvgIpc) is 2.68. The van der Waals surface area contributed by atoms with Crippen LogP contribution in [0.3, 0.4) is 0 Å². The van der Waals surface area contributed by atoms with Crippen molar-refractivity contribution < 1.29 is 9.18 Å². The molecule has 0 fully saturated rings. The largest absolute Gasteiger partial charge is 0.317 e. The molecule has 0 aromatic carbocycles. The SMILES string of the molecule is Cc1nc(C(=O)Nc2ccncc2F)n[nH]1. The predicted octanol–water partition coefficient (Wildman–Crippen LogP) is 0.900. The third-order valence-corrected chi connectivity index (χ3v) is 1.82. The van der Waals surface area contributed by atoms with Crippen LogP contribution in [-0.2, 0) is 0 Å². The second-order valence-corrected chi connectivity index (χ2v) is 3.05. The van der Waals surface area contributed by atoms with Crippen LogP contribution in [0.1, 0.15) is 16.4 Å². The maximum Gasteiger partial charge on any atom is 0.295 e. The van der Waals surface area contributed by atoms with Gasteiger partial charge >= 0.3 is 0 Å². The van der Waals surface area contributed by atoms with Gasteiger partial charge in [-0.15, -0.1) is 5.10 Å². The van der Waals surface area contributed by atoms with E-state index in [1.807, 2.05) is 0 Å². The van der Waals surface area contributed by atoms with Crippen LogP contribution >= 0.6 is 0 Å². The summed E-state index contributed by atoms with van der Waals surface area (Å²) in [6.45, 7) is 1.66. The van der Waals surface area contributed by atoms with Crippen molar-refractivity contribution in [3.8, 4) is 0 Å². The number of H-pyrrole nitrogens is 1. The highest BCUT2D eigenvalue weighted by Crippen LogP contribution is 2.11. The quantitative estimate of drug-likeness (QED) is 0.789. The van der Waals surface area contributed by atoms with Gasteiger partial charge in [0.25, 0.3) is 5.91 Å². The number of halogens is 1. The zero-order valence-corrected chi connectivity index (χ0v) is 8.36. The second kappa shape index (κ2) is 4.05. The molecule has 0 aliphatic carbocycles. The van der Waals surface area contributed by atoms with E-state index in [0.717, 1.165) is 6.20 Å². The van der Waals surface area contributed by atoms with E-state index in [4.69, 9.17) is 0 Å². The van der Waals surface area contributed by atoms with E-state index in [1.54, 1.807) is 6.92 Å². The molecule has 2 N–H and O–H groups in total. The molecule has 0 saturated carbocycles. The van der Waals surface area contributed by atoms with Crippen LogP contribution in [0.2, 0.25) is 0 Å². The molecule has 82 valence electrons. The van der Waals surface area contributed by atoms with Crippen molar-refractivity contribution in [1.82, 2.24) is 20.2 Å². The molecule has 7 heteroatoms. The van der Waals surface area contributed by atoms with Gasteiger partial charge in [-0.05, 0) is 13.0 Å². The molecule has 0 aliphatic rings. The van der Waals surface area contributed by atoms with Crippen molar-refractivity contribution in [2.45, 2.75) is 6.92 Å². The summed E-state index contributed by atoms with van der Waals surface area (Å²) < 4.78 is 13.1. The number of hydrogen-bond donors (Lipinski definition) is 2. The molecule has 2 heterocycles. The van der Waals surface area contributed by atoms with E-state index in [1.165, 1.54) is 12.3 Å². The zero-order chi connectivity index (χ0) is 11.5. The molecule has 16 heavy (non-hydrogen) atoms. The molecular formula is C9H8FN5O. The zero-order valence-electron chi connectivity index (χ0n) is 8.36. The fourth-order valence-corrected chi connectivity index (χ4v) is 1.10. The third-order valence-electron chi connectivity index (χ3n) is 1.82. The number of rotatable bonds is 2. The van der Waals surface area contributed by atoms with Crippen molar-refractivity contribution in [2.75, 3.05) is 5.32 Å². The van der Waals surface area contributed by atoms with Crippen LogP contribution in [0.5, 0.6) is 0 Å². The lowest BCUT2D eigenvalue weighted by Gasteiger charge is -2.02. The van der Waals surface area contributed by atoms with E-state index in [9.17, 15) is 9.18 Å². The van der Waals surface area contributed by atoms with Crippen LogP contribution in [0.4, 0.5) is 10.1 Å². The molecule has 0 saturated heterocycles. The summed E-state index contributed by atoms with van der Waals surface area (Å²) in [4.78, 5) is 18.9. The number of amides is 1. The van der Waals surface area contributed by atoms with Crippen LogP contribution < -0.4 is 5.32 Å². The Balaban J connectivity index is 2.17. The molecule has 0 bridgehead atoms. The van der Waals surface area contributed by atoms with Gasteiger partial charge in [-0.1, -0.05) is 0 Å². The third kappa shape index (κ3) is 2.02. The number of pyridine rings is 1. The van der Waals surface area contributed by atoms with E-state index in [-0.39, 0.29) is 11.5 Å². The van der Waals surface area contributed by atoms with E-state index < -0.39 is 11.7 Å². The van der Waals surface area contributed by atoms with Gasteiger partial charge in [0.2, 0.25) is 5.82 Å². The average molecular weight is 221 g/mol. The highest BCUT2D eigenvalue weighted by atomic mass is 19.1. The van der Waals surface area contributed by atoms with Gasteiger partial charge in [-0.3, -0.25) is 14.9 Å². The smallest absolute Gasteiger partial charge is 0.295 e. The van der Waals surface area contributed by atoms with Crippen molar-refractivity contribution >= 4 is 11.6 Å². The molecule has 0 radical (unpaired) electrons. The predicted molar refractivity (Wildman–Crippen MR) is 53.3 cm³/mol. The number of aromatic amines is 1. The summed E-state index contributed by atoms with van der Waals surface area (Å²) in [7, 11) is 0. The van der Waals surface area contributed by atoms with Crippen molar-refractivity contribution in [3.63, 3.8) is 0 Å². The molecule has 0 atom stereocenters. The molecule has 2 aromatic heterocycles. The Morgan fingerprint density at radius 3 is 3.00 bits per heavy atom. The fourth-order valence-electron chi connectivity index (χ4n) is 1.10. The normalized spacial score (nSPS) is 10.1. The van der Waals surface area contributed by atoms with Crippen LogP contribution in [0.15, 0.2) is 18.5 Å². The number of aryl methyl sites for hydroxylation is 1. The number of nitrogens with one attached hydrogen (secondary N) is 2. The Morgan fingerprint density at radius 2 is 2.38 bits per heavy atom. The van der Waals surface area contributed by atoms with Gasteiger partial charge in [0, 0.05) is 6.20 Å². The molecule has 6 nitrogen and oxygen atoms in total. The highest BCUT2D eigenvalue weighted by Gasteiger charge is 2.13. The Bertz CT molecular complexity index is 524. The maximum atomic E-state index is 13.1. The molecule has 2 aromatic rings. The van der Waals surface area contributed by atoms with Gasteiger partial charge in [0.1, 0.15) is 5.82 Å². The highest BCUT2D eigenvalue weighted by molar-refractivity contribution is 6.01. The lowest BCUT2D eigenvalue weighted by Crippen LogP contribution is -2.14. The minimum absolute atomic E-state index is 0.0336. The first-order valence-electron chi connectivity index (χ1n) is 4.46. The monoisotopic (exact) mass is 221 g/mol. The van der Waals surface area contributed by atoms with E-state index in [0.29, 0.717) is 5.82 Å². The van der Waals surface area contributed by atoms with Crippen LogP contribution in [-0.4, -0.2) is 26.1 Å². The standard InChI is InChI=1S/C9H8FN5O/c1-5-12-8(15-14-5)9(16)13-7-2-3-11-4-6(7)10/h2-4H,1H3,(H,11,13,16)(H,12,14,15). The summed E-state index contributed by atoms with van der Waals surface area (Å²) in [6, 6.07) is 1.35. The first kappa shape index (κ1) is 10.2. The summed E-state index contributed by atoms with van der Waals surface area (Å²) in [5.74, 6) is -0.702. The summed E-state index contributed by atoms with van der Waals surface area (Å²) in [5.41, 5.74) is 0.0439. The van der Waals surface area contributed by atoms with Gasteiger partial charge in [-0.2, -0.15) is 0 Å². The summed E-state index contributed by atoms with van der Waals surface area (Å²) in [6.07, 6.45) is 2.39. The summed E-state index contributed by atoms with van der Waals surface area (Å²) >= 11 is 0. The van der Waals surface area contributed by atoms with Crippen molar-refractivity contribution in [1.29, 1.82) is 0 Å². The molecule has 0 spiro atoms. The van der Waals surface area contributed by atoms with Gasteiger partial charge in [-0.25, -0.2) is 9.37 Å². The summed E-state index contributed by atoms with van der Waals surface area (Å²) in [5, 5.41) is 8.52. The lowest BCUT2D eigenvalue weighted by atomic mass is 10.4. The van der Waals surface area contributed by atoms with Crippen molar-refractivity contribution in [2.24, 2.45) is 0 Å². The number of carbonyl (C=O) groups is 1.